The number of benzene rings is 1. The van der Waals surface area contributed by atoms with E-state index < -0.39 is 11.9 Å². The van der Waals surface area contributed by atoms with Crippen molar-refractivity contribution in [2.75, 3.05) is 5.75 Å². The zero-order valence-electron chi connectivity index (χ0n) is 17.7. The Labute approximate surface area is 191 Å². The van der Waals surface area contributed by atoms with E-state index in [2.05, 4.69) is 22.1 Å². The SMILES string of the molecule is C=CCn1c(SCC(=O)NC2CCCCCC2)nnc1C(C)Oc1ccc(F)cc1Cl. The van der Waals surface area contributed by atoms with Crippen LogP contribution in [-0.2, 0) is 11.3 Å². The number of rotatable bonds is 9. The summed E-state index contributed by atoms with van der Waals surface area (Å²) in [7, 11) is 0. The number of hydrogen-bond donors (Lipinski definition) is 1. The van der Waals surface area contributed by atoms with Gasteiger partial charge in [-0.2, -0.15) is 0 Å². The van der Waals surface area contributed by atoms with Gasteiger partial charge >= 0.3 is 0 Å². The molecule has 0 bridgehead atoms. The summed E-state index contributed by atoms with van der Waals surface area (Å²) in [4.78, 5) is 12.4. The Morgan fingerprint density at radius 2 is 2.13 bits per heavy atom. The summed E-state index contributed by atoms with van der Waals surface area (Å²) >= 11 is 7.41. The Hall–Kier alpha value is -2.06. The third-order valence-corrected chi connectivity index (χ3v) is 6.43. The maximum atomic E-state index is 13.3. The monoisotopic (exact) mass is 466 g/mol. The molecule has 3 rings (SSSR count). The molecule has 0 saturated heterocycles. The maximum Gasteiger partial charge on any atom is 0.230 e. The van der Waals surface area contributed by atoms with Crippen molar-refractivity contribution in [1.82, 2.24) is 20.1 Å². The smallest absolute Gasteiger partial charge is 0.230 e. The number of nitrogens with zero attached hydrogens (tertiary/aromatic N) is 3. The first-order chi connectivity index (χ1) is 15.0. The molecule has 6 nitrogen and oxygen atoms in total. The maximum absolute atomic E-state index is 13.3. The molecule has 168 valence electrons. The second kappa shape index (κ2) is 11.5. The molecule has 1 unspecified atom stereocenters. The van der Waals surface area contributed by atoms with Crippen LogP contribution in [-0.4, -0.2) is 32.5 Å². The lowest BCUT2D eigenvalue weighted by molar-refractivity contribution is -0.119. The van der Waals surface area contributed by atoms with E-state index in [-0.39, 0.29) is 22.7 Å². The summed E-state index contributed by atoms with van der Waals surface area (Å²) in [6.45, 7) is 6.09. The fourth-order valence-corrected chi connectivity index (χ4v) is 4.62. The first-order valence-electron chi connectivity index (χ1n) is 10.6. The summed E-state index contributed by atoms with van der Waals surface area (Å²) in [5.41, 5.74) is 0. The minimum atomic E-state index is -0.482. The highest BCUT2D eigenvalue weighted by Crippen LogP contribution is 2.30. The molecule has 1 amide bonds. The summed E-state index contributed by atoms with van der Waals surface area (Å²) in [5, 5.41) is 12.4. The van der Waals surface area contributed by atoms with Crippen LogP contribution in [0.5, 0.6) is 5.75 Å². The highest BCUT2D eigenvalue weighted by molar-refractivity contribution is 7.99. The molecule has 9 heteroatoms. The van der Waals surface area contributed by atoms with E-state index in [1.54, 1.807) is 6.08 Å². The van der Waals surface area contributed by atoms with Crippen molar-refractivity contribution in [1.29, 1.82) is 0 Å². The average molecular weight is 467 g/mol. The number of amides is 1. The third-order valence-electron chi connectivity index (χ3n) is 5.17. The molecule has 1 aliphatic carbocycles. The molecule has 0 radical (unpaired) electrons. The van der Waals surface area contributed by atoms with E-state index in [1.807, 2.05) is 11.5 Å². The molecule has 2 aromatic rings. The summed E-state index contributed by atoms with van der Waals surface area (Å²) in [6, 6.07) is 4.24. The number of hydrogen-bond acceptors (Lipinski definition) is 5. The average Bonchev–Trinajstić information content (AvgIpc) is 2.95. The highest BCUT2D eigenvalue weighted by atomic mass is 35.5. The van der Waals surface area contributed by atoms with Crippen LogP contribution in [0.3, 0.4) is 0 Å². The minimum absolute atomic E-state index is 0.00833. The van der Waals surface area contributed by atoms with Crippen LogP contribution in [0.15, 0.2) is 36.0 Å². The second-order valence-corrected chi connectivity index (χ2v) is 8.97. The van der Waals surface area contributed by atoms with Crippen molar-refractivity contribution < 1.29 is 13.9 Å². The molecular formula is C22H28ClFN4O2S. The van der Waals surface area contributed by atoms with Crippen molar-refractivity contribution in [3.63, 3.8) is 0 Å². The van der Waals surface area contributed by atoms with Gasteiger partial charge in [-0.25, -0.2) is 4.39 Å². The van der Waals surface area contributed by atoms with Gasteiger partial charge in [-0.05, 0) is 38.0 Å². The summed E-state index contributed by atoms with van der Waals surface area (Å²) in [6.07, 6.45) is 8.19. The predicted octanol–water partition coefficient (Wildman–Crippen LogP) is 5.33. The molecule has 1 N–H and O–H groups in total. The van der Waals surface area contributed by atoms with Crippen LogP contribution in [0.1, 0.15) is 57.4 Å². The van der Waals surface area contributed by atoms with Crippen molar-refractivity contribution in [3.05, 3.63) is 47.5 Å². The quantitative estimate of drug-likeness (QED) is 0.307. The molecule has 1 atom stereocenters. The highest BCUT2D eigenvalue weighted by Gasteiger charge is 2.21. The van der Waals surface area contributed by atoms with Crippen LogP contribution in [0.2, 0.25) is 5.02 Å². The van der Waals surface area contributed by atoms with Crippen molar-refractivity contribution in [3.8, 4) is 5.75 Å². The van der Waals surface area contributed by atoms with Crippen molar-refractivity contribution in [2.24, 2.45) is 0 Å². The van der Waals surface area contributed by atoms with E-state index >= 15 is 0 Å². The molecule has 0 aliphatic heterocycles. The lowest BCUT2D eigenvalue weighted by Crippen LogP contribution is -2.35. The number of halogens is 2. The van der Waals surface area contributed by atoms with E-state index in [0.717, 1.165) is 12.8 Å². The molecule has 1 aromatic heterocycles. The first kappa shape index (κ1) is 23.6. The second-order valence-electron chi connectivity index (χ2n) is 7.62. The van der Waals surface area contributed by atoms with Crippen LogP contribution >= 0.6 is 23.4 Å². The molecule has 1 saturated carbocycles. The molecule has 0 spiro atoms. The van der Waals surface area contributed by atoms with Gasteiger partial charge in [0.25, 0.3) is 0 Å². The van der Waals surface area contributed by atoms with Crippen molar-refractivity contribution >= 4 is 29.3 Å². The molecule has 1 aliphatic rings. The topological polar surface area (TPSA) is 69.0 Å². The predicted molar refractivity (Wildman–Crippen MR) is 121 cm³/mol. The van der Waals surface area contributed by atoms with E-state index in [1.165, 1.54) is 55.6 Å². The zero-order chi connectivity index (χ0) is 22.2. The Morgan fingerprint density at radius 1 is 1.39 bits per heavy atom. The van der Waals surface area contributed by atoms with Gasteiger partial charge in [0.1, 0.15) is 11.6 Å². The van der Waals surface area contributed by atoms with Crippen LogP contribution in [0.25, 0.3) is 0 Å². The molecule has 1 fully saturated rings. The lowest BCUT2D eigenvalue weighted by Gasteiger charge is -2.17. The largest absolute Gasteiger partial charge is 0.481 e. The normalized spacial score (nSPS) is 15.8. The standard InChI is InChI=1S/C22H28ClFN4O2S/c1-3-12-28-21(15(2)30-19-11-10-16(24)13-18(19)23)26-27-22(28)31-14-20(29)25-17-8-6-4-5-7-9-17/h3,10-11,13,15,17H,1,4-9,12,14H2,2H3,(H,25,29). The van der Waals surface area contributed by atoms with Gasteiger partial charge in [-0.1, -0.05) is 55.1 Å². The molecule has 1 aromatic carbocycles. The number of carbonyl (C=O) groups is 1. The van der Waals surface area contributed by atoms with Crippen LogP contribution < -0.4 is 10.1 Å². The van der Waals surface area contributed by atoms with Gasteiger partial charge in [0.15, 0.2) is 17.1 Å². The Morgan fingerprint density at radius 3 is 2.81 bits per heavy atom. The van der Waals surface area contributed by atoms with E-state index in [0.29, 0.717) is 23.3 Å². The van der Waals surface area contributed by atoms with Gasteiger partial charge < -0.3 is 10.1 Å². The molecular weight excluding hydrogens is 439 g/mol. The molecule has 1 heterocycles. The van der Waals surface area contributed by atoms with Gasteiger partial charge in [-0.15, -0.1) is 16.8 Å². The molecule has 31 heavy (non-hydrogen) atoms. The Kier molecular flexibility index (Phi) is 8.78. The zero-order valence-corrected chi connectivity index (χ0v) is 19.2. The van der Waals surface area contributed by atoms with Gasteiger partial charge in [0.05, 0.1) is 10.8 Å². The van der Waals surface area contributed by atoms with Gasteiger partial charge in [-0.3, -0.25) is 9.36 Å². The number of carbonyl (C=O) groups excluding carboxylic acids is 1. The Bertz CT molecular complexity index is 900. The van der Waals surface area contributed by atoms with E-state index in [9.17, 15) is 9.18 Å². The van der Waals surface area contributed by atoms with E-state index in [4.69, 9.17) is 16.3 Å². The van der Waals surface area contributed by atoms with Gasteiger partial charge in [0.2, 0.25) is 5.91 Å². The van der Waals surface area contributed by atoms with Crippen LogP contribution in [0.4, 0.5) is 4.39 Å². The van der Waals surface area contributed by atoms with Crippen molar-refractivity contribution in [2.45, 2.75) is 69.3 Å². The first-order valence-corrected chi connectivity index (χ1v) is 11.9. The lowest BCUT2D eigenvalue weighted by atomic mass is 10.1. The number of thioether (sulfide) groups is 1. The fraction of sp³-hybridized carbons (Fsp3) is 0.500. The Balaban J connectivity index is 1.63. The number of nitrogens with one attached hydrogen (secondary N) is 1. The minimum Gasteiger partial charge on any atom is -0.481 e. The van der Waals surface area contributed by atoms with Crippen LogP contribution in [0, 0.1) is 5.82 Å². The fourth-order valence-electron chi connectivity index (χ4n) is 3.65. The summed E-state index contributed by atoms with van der Waals surface area (Å²) < 4.78 is 21.0. The van der Waals surface area contributed by atoms with Gasteiger partial charge in [0, 0.05) is 12.6 Å². The third kappa shape index (κ3) is 6.71. The number of allylic oxidation sites excluding steroid dienone is 1. The number of aromatic nitrogens is 3. The number of ether oxygens (including phenoxy) is 1. The summed E-state index contributed by atoms with van der Waals surface area (Å²) in [5.74, 6) is 0.785.